The first-order valence-electron chi connectivity index (χ1n) is 7.70. The average molecular weight is 302 g/mol. The Bertz CT molecular complexity index is 285. The van der Waals surface area contributed by atoms with Gasteiger partial charge in [0.15, 0.2) is 0 Å². The molecule has 0 unspecified atom stereocenters. The molecule has 0 spiro atoms. The molecule has 0 fully saturated rings. The Balaban J connectivity index is 3.63. The Morgan fingerprint density at radius 2 is 1.75 bits per heavy atom. The van der Waals surface area contributed by atoms with Gasteiger partial charge in [-0.25, -0.2) is 0 Å². The molecule has 0 aromatic heterocycles. The summed E-state index contributed by atoms with van der Waals surface area (Å²) in [7, 11) is 0. The molecular formula is C15H30N2O2S. The highest BCUT2D eigenvalue weighted by atomic mass is 32.1. The van der Waals surface area contributed by atoms with Crippen molar-refractivity contribution in [3.63, 3.8) is 0 Å². The van der Waals surface area contributed by atoms with Crippen LogP contribution in [0.25, 0.3) is 0 Å². The van der Waals surface area contributed by atoms with E-state index in [9.17, 15) is 9.59 Å². The van der Waals surface area contributed by atoms with E-state index in [4.69, 9.17) is 0 Å². The van der Waals surface area contributed by atoms with E-state index in [1.165, 1.54) is 12.8 Å². The van der Waals surface area contributed by atoms with Gasteiger partial charge < -0.3 is 5.32 Å². The summed E-state index contributed by atoms with van der Waals surface area (Å²) in [5, 5.41) is 2.97. The van der Waals surface area contributed by atoms with E-state index in [1.54, 1.807) is 6.92 Å². The Hall–Kier alpha value is -0.550. The van der Waals surface area contributed by atoms with Crippen LogP contribution in [0.5, 0.6) is 0 Å². The van der Waals surface area contributed by atoms with Crippen LogP contribution < -0.4 is 10.0 Å². The third-order valence-corrected chi connectivity index (χ3v) is 3.87. The summed E-state index contributed by atoms with van der Waals surface area (Å²) < 4.78 is 2.71. The second-order valence-electron chi connectivity index (χ2n) is 5.48. The van der Waals surface area contributed by atoms with Crippen LogP contribution in [0, 0.1) is 5.92 Å². The largest absolute Gasteiger partial charge is 0.356 e. The smallest absolute Gasteiger partial charge is 0.222 e. The molecule has 0 aliphatic rings. The van der Waals surface area contributed by atoms with Crippen LogP contribution in [0.1, 0.15) is 65.7 Å². The van der Waals surface area contributed by atoms with Crippen molar-refractivity contribution in [2.45, 2.75) is 71.8 Å². The Morgan fingerprint density at radius 3 is 2.30 bits per heavy atom. The first kappa shape index (κ1) is 19.4. The molecule has 0 aliphatic carbocycles. The van der Waals surface area contributed by atoms with Crippen molar-refractivity contribution in [2.24, 2.45) is 5.92 Å². The fraction of sp³-hybridized carbons (Fsp3) is 0.867. The van der Waals surface area contributed by atoms with Gasteiger partial charge in [0.2, 0.25) is 5.91 Å². The molecule has 0 rings (SSSR count). The number of unbranched alkanes of at least 4 members (excludes halogenated alkanes) is 3. The number of hydrogen-bond donors (Lipinski definition) is 3. The molecule has 118 valence electrons. The van der Waals surface area contributed by atoms with E-state index in [-0.39, 0.29) is 23.7 Å². The minimum atomic E-state index is -0.179. The topological polar surface area (TPSA) is 58.2 Å². The molecule has 0 saturated heterocycles. The lowest BCUT2D eigenvalue weighted by Gasteiger charge is -2.13. The SMILES string of the molecule is CCCCC[C@H](C)C(=O)NCCCC[C@H](NS)C(C)=O. The van der Waals surface area contributed by atoms with Crippen LogP contribution in [0.3, 0.4) is 0 Å². The van der Waals surface area contributed by atoms with Crippen molar-refractivity contribution in [3.8, 4) is 0 Å². The number of Topliss-reactive ketones (excluding diaryl/α,β-unsaturated/α-hetero) is 1. The zero-order valence-electron chi connectivity index (χ0n) is 13.1. The molecule has 4 nitrogen and oxygen atoms in total. The standard InChI is InChI=1S/C15H30N2O2S/c1-4-5-6-9-12(2)15(19)16-11-8-7-10-14(17-20)13(3)18/h12,14,17,20H,4-11H2,1-3H3,(H,16,19)/t12-,14-/m0/s1. The molecule has 5 heteroatoms. The molecule has 1 amide bonds. The molecule has 0 radical (unpaired) electrons. The lowest BCUT2D eigenvalue weighted by Crippen LogP contribution is -2.31. The number of nitrogens with one attached hydrogen (secondary N) is 2. The van der Waals surface area contributed by atoms with E-state index in [2.05, 4.69) is 29.8 Å². The molecule has 0 aromatic carbocycles. The number of hydrogen-bond acceptors (Lipinski definition) is 4. The summed E-state index contributed by atoms with van der Waals surface area (Å²) in [4.78, 5) is 23.0. The Kier molecular flexibility index (Phi) is 11.9. The molecular weight excluding hydrogens is 272 g/mol. The first-order chi connectivity index (χ1) is 9.52. The van der Waals surface area contributed by atoms with Gasteiger partial charge in [0.05, 0.1) is 6.04 Å². The average Bonchev–Trinajstić information content (AvgIpc) is 2.42. The van der Waals surface area contributed by atoms with E-state index in [1.807, 2.05) is 6.92 Å². The maximum atomic E-state index is 11.8. The Labute approximate surface area is 129 Å². The molecule has 0 saturated carbocycles. The number of carbonyl (C=O) groups excluding carboxylic acids is 2. The van der Waals surface area contributed by atoms with E-state index >= 15 is 0 Å². The van der Waals surface area contributed by atoms with Crippen molar-refractivity contribution in [3.05, 3.63) is 0 Å². The van der Waals surface area contributed by atoms with Crippen molar-refractivity contribution in [1.29, 1.82) is 0 Å². The zero-order valence-corrected chi connectivity index (χ0v) is 14.0. The minimum Gasteiger partial charge on any atom is -0.356 e. The predicted molar refractivity (Wildman–Crippen MR) is 86.8 cm³/mol. The predicted octanol–water partition coefficient (Wildman–Crippen LogP) is 2.88. The lowest BCUT2D eigenvalue weighted by molar-refractivity contribution is -0.124. The van der Waals surface area contributed by atoms with Crippen LogP contribution in [0.2, 0.25) is 0 Å². The van der Waals surface area contributed by atoms with Gasteiger partial charge in [-0.3, -0.25) is 14.3 Å². The fourth-order valence-electron chi connectivity index (χ4n) is 2.05. The number of ketones is 1. The number of carbonyl (C=O) groups is 2. The lowest BCUT2D eigenvalue weighted by atomic mass is 10.0. The van der Waals surface area contributed by atoms with Crippen LogP contribution in [0.15, 0.2) is 0 Å². The molecule has 2 atom stereocenters. The van der Waals surface area contributed by atoms with Gasteiger partial charge in [0, 0.05) is 12.5 Å². The van der Waals surface area contributed by atoms with Gasteiger partial charge in [-0.1, -0.05) is 45.9 Å². The summed E-state index contributed by atoms with van der Waals surface area (Å²) in [5.74, 6) is 0.357. The van der Waals surface area contributed by atoms with Gasteiger partial charge in [-0.05, 0) is 32.6 Å². The highest BCUT2D eigenvalue weighted by Gasteiger charge is 2.13. The molecule has 0 aliphatic heterocycles. The highest BCUT2D eigenvalue weighted by Crippen LogP contribution is 2.09. The third kappa shape index (κ3) is 9.37. The third-order valence-electron chi connectivity index (χ3n) is 3.55. The van der Waals surface area contributed by atoms with Crippen LogP contribution in [-0.2, 0) is 9.59 Å². The highest BCUT2D eigenvalue weighted by molar-refractivity contribution is 7.78. The first-order valence-corrected chi connectivity index (χ1v) is 8.15. The normalized spacial score (nSPS) is 13.8. The maximum absolute atomic E-state index is 11.8. The number of thiol groups is 1. The number of amides is 1. The second kappa shape index (κ2) is 12.2. The van der Waals surface area contributed by atoms with Crippen molar-refractivity contribution in [2.75, 3.05) is 6.54 Å². The summed E-state index contributed by atoms with van der Waals surface area (Å²) in [6.07, 6.45) is 7.04. The van der Waals surface area contributed by atoms with Gasteiger partial charge >= 0.3 is 0 Å². The molecule has 0 heterocycles. The van der Waals surface area contributed by atoms with Crippen LogP contribution in [0.4, 0.5) is 0 Å². The van der Waals surface area contributed by atoms with Crippen molar-refractivity contribution < 1.29 is 9.59 Å². The zero-order chi connectivity index (χ0) is 15.4. The second-order valence-corrected chi connectivity index (χ2v) is 5.73. The number of rotatable bonds is 12. The van der Waals surface area contributed by atoms with Gasteiger partial charge in [-0.2, -0.15) is 0 Å². The van der Waals surface area contributed by atoms with E-state index in [0.29, 0.717) is 6.54 Å². The Morgan fingerprint density at radius 1 is 1.10 bits per heavy atom. The van der Waals surface area contributed by atoms with Crippen LogP contribution in [-0.4, -0.2) is 24.3 Å². The van der Waals surface area contributed by atoms with Gasteiger partial charge in [0.25, 0.3) is 0 Å². The van der Waals surface area contributed by atoms with E-state index in [0.717, 1.165) is 32.1 Å². The summed E-state index contributed by atoms with van der Waals surface area (Å²) in [6, 6.07) is -0.179. The molecule has 0 bridgehead atoms. The van der Waals surface area contributed by atoms with Crippen LogP contribution >= 0.6 is 12.8 Å². The maximum Gasteiger partial charge on any atom is 0.222 e. The molecule has 0 aromatic rings. The monoisotopic (exact) mass is 302 g/mol. The quantitative estimate of drug-likeness (QED) is 0.384. The van der Waals surface area contributed by atoms with E-state index < -0.39 is 0 Å². The minimum absolute atomic E-state index is 0.102. The fourth-order valence-corrected chi connectivity index (χ4v) is 2.36. The molecule has 20 heavy (non-hydrogen) atoms. The van der Waals surface area contributed by atoms with Gasteiger partial charge in [0.1, 0.15) is 5.78 Å². The van der Waals surface area contributed by atoms with Crippen molar-refractivity contribution in [1.82, 2.24) is 10.0 Å². The van der Waals surface area contributed by atoms with Crippen molar-refractivity contribution >= 4 is 24.5 Å². The summed E-state index contributed by atoms with van der Waals surface area (Å²) in [6.45, 7) is 6.40. The van der Waals surface area contributed by atoms with Gasteiger partial charge in [-0.15, -0.1) is 0 Å². The summed E-state index contributed by atoms with van der Waals surface area (Å²) in [5.41, 5.74) is 0. The molecule has 2 N–H and O–H groups in total. The summed E-state index contributed by atoms with van der Waals surface area (Å²) >= 11 is 3.94.